The molecule has 4 rings (SSSR count). The van der Waals surface area contributed by atoms with E-state index in [4.69, 9.17) is 13.9 Å². The normalized spacial score (nSPS) is 17.1. The number of thioether (sulfide) groups is 1. The highest BCUT2D eigenvalue weighted by atomic mass is 32.2. The number of methoxy groups -OCH3 is 1. The Kier molecular flexibility index (Phi) is 5.79. The van der Waals surface area contributed by atoms with Crippen LogP contribution in [-0.4, -0.2) is 40.3 Å². The Bertz CT molecular complexity index is 857. The molecule has 0 bridgehead atoms. The second-order valence-electron chi connectivity index (χ2n) is 6.47. The van der Waals surface area contributed by atoms with Crippen molar-refractivity contribution in [2.45, 2.75) is 37.1 Å². The molecule has 0 aliphatic carbocycles. The fourth-order valence-corrected chi connectivity index (χ4v) is 4.23. The Balaban J connectivity index is 1.63. The van der Waals surface area contributed by atoms with Crippen LogP contribution in [0, 0.1) is 0 Å². The van der Waals surface area contributed by atoms with Crippen molar-refractivity contribution in [1.29, 1.82) is 0 Å². The van der Waals surface area contributed by atoms with E-state index in [1.54, 1.807) is 25.1 Å². The maximum atomic E-state index is 5.86. The van der Waals surface area contributed by atoms with E-state index in [0.29, 0.717) is 6.54 Å². The maximum Gasteiger partial charge on any atom is 0.192 e. The third kappa shape index (κ3) is 4.20. The molecule has 7 heteroatoms. The summed E-state index contributed by atoms with van der Waals surface area (Å²) >= 11 is 1.69. The highest BCUT2D eigenvalue weighted by Gasteiger charge is 2.21. The number of ether oxygens (including phenoxy) is 2. The van der Waals surface area contributed by atoms with Gasteiger partial charge in [0.05, 0.1) is 31.6 Å². The maximum absolute atomic E-state index is 5.86. The monoisotopic (exact) mass is 385 g/mol. The third-order valence-electron chi connectivity index (χ3n) is 4.63. The van der Waals surface area contributed by atoms with Crippen molar-refractivity contribution in [1.82, 2.24) is 14.8 Å². The molecule has 1 aliphatic heterocycles. The fraction of sp³-hybridized carbons (Fsp3) is 0.400. The minimum atomic E-state index is 0.284. The first-order valence-electron chi connectivity index (χ1n) is 9.18. The van der Waals surface area contributed by atoms with Gasteiger partial charge in [-0.1, -0.05) is 23.9 Å². The molecule has 1 fully saturated rings. The molecule has 0 N–H and O–H groups in total. The Morgan fingerprint density at radius 2 is 2.11 bits per heavy atom. The highest BCUT2D eigenvalue weighted by molar-refractivity contribution is 7.99. The van der Waals surface area contributed by atoms with Gasteiger partial charge in [-0.25, -0.2) is 0 Å². The Hall–Kier alpha value is -2.25. The van der Waals surface area contributed by atoms with Gasteiger partial charge in [-0.15, -0.1) is 10.2 Å². The highest BCUT2D eigenvalue weighted by Crippen LogP contribution is 2.32. The number of rotatable bonds is 7. The van der Waals surface area contributed by atoms with Gasteiger partial charge in [-0.2, -0.15) is 0 Å². The van der Waals surface area contributed by atoms with Gasteiger partial charge in [-0.05, 0) is 43.5 Å². The van der Waals surface area contributed by atoms with Gasteiger partial charge in [0.2, 0.25) is 0 Å². The lowest BCUT2D eigenvalue weighted by Gasteiger charge is -2.21. The van der Waals surface area contributed by atoms with E-state index in [9.17, 15) is 0 Å². The number of benzene rings is 1. The number of aromatic nitrogens is 3. The molecule has 0 amide bonds. The quantitative estimate of drug-likeness (QED) is 0.567. The van der Waals surface area contributed by atoms with E-state index >= 15 is 0 Å². The summed E-state index contributed by atoms with van der Waals surface area (Å²) in [7, 11) is 1.67. The van der Waals surface area contributed by atoms with Gasteiger partial charge < -0.3 is 13.9 Å². The van der Waals surface area contributed by atoms with E-state index in [-0.39, 0.29) is 6.10 Å². The van der Waals surface area contributed by atoms with E-state index in [1.807, 2.05) is 36.4 Å². The average Bonchev–Trinajstić information content (AvgIpc) is 3.38. The van der Waals surface area contributed by atoms with E-state index in [2.05, 4.69) is 14.8 Å². The predicted molar refractivity (Wildman–Crippen MR) is 104 cm³/mol. The summed E-state index contributed by atoms with van der Waals surface area (Å²) in [5.74, 6) is 3.29. The summed E-state index contributed by atoms with van der Waals surface area (Å²) in [4.78, 5) is 0. The van der Waals surface area contributed by atoms with Crippen LogP contribution in [0.3, 0.4) is 0 Å². The van der Waals surface area contributed by atoms with E-state index < -0.39 is 0 Å². The minimum Gasteiger partial charge on any atom is -0.496 e. The van der Waals surface area contributed by atoms with Crippen LogP contribution in [0.2, 0.25) is 0 Å². The lowest BCUT2D eigenvalue weighted by molar-refractivity contribution is 0.0315. The van der Waals surface area contributed by atoms with Gasteiger partial charge in [-0.3, -0.25) is 4.57 Å². The molecular weight excluding hydrogens is 362 g/mol. The lowest BCUT2D eigenvalue weighted by Crippen LogP contribution is -2.21. The fourth-order valence-electron chi connectivity index (χ4n) is 3.23. The summed E-state index contributed by atoms with van der Waals surface area (Å²) in [5.41, 5.74) is 0.917. The second kappa shape index (κ2) is 8.63. The van der Waals surface area contributed by atoms with Crippen LogP contribution in [0.4, 0.5) is 0 Å². The van der Waals surface area contributed by atoms with Crippen LogP contribution in [0.5, 0.6) is 5.75 Å². The van der Waals surface area contributed by atoms with Gasteiger partial charge >= 0.3 is 0 Å². The van der Waals surface area contributed by atoms with Crippen molar-refractivity contribution >= 4 is 11.8 Å². The van der Waals surface area contributed by atoms with Crippen molar-refractivity contribution in [3.05, 3.63) is 48.4 Å². The van der Waals surface area contributed by atoms with Crippen molar-refractivity contribution < 1.29 is 13.9 Å². The molecule has 27 heavy (non-hydrogen) atoms. The van der Waals surface area contributed by atoms with Gasteiger partial charge in [0, 0.05) is 12.4 Å². The van der Waals surface area contributed by atoms with Crippen molar-refractivity contribution in [2.24, 2.45) is 0 Å². The first-order chi connectivity index (χ1) is 13.3. The zero-order valence-corrected chi connectivity index (χ0v) is 16.2. The number of hydrogen-bond acceptors (Lipinski definition) is 6. The van der Waals surface area contributed by atoms with Crippen LogP contribution in [0.1, 0.15) is 25.0 Å². The van der Waals surface area contributed by atoms with Crippen LogP contribution in [0.25, 0.3) is 11.4 Å². The van der Waals surface area contributed by atoms with Gasteiger partial charge in [0.15, 0.2) is 11.0 Å². The Morgan fingerprint density at radius 1 is 1.19 bits per heavy atom. The summed E-state index contributed by atoms with van der Waals surface area (Å²) < 4.78 is 19.0. The molecule has 2 aromatic heterocycles. The summed E-state index contributed by atoms with van der Waals surface area (Å²) in [6.07, 6.45) is 5.47. The van der Waals surface area contributed by atoms with Crippen LogP contribution in [-0.2, 0) is 11.3 Å². The molecule has 3 heterocycles. The largest absolute Gasteiger partial charge is 0.496 e. The van der Waals surface area contributed by atoms with Gasteiger partial charge in [0.25, 0.3) is 0 Å². The lowest BCUT2D eigenvalue weighted by atomic mass is 10.1. The van der Waals surface area contributed by atoms with Crippen molar-refractivity contribution in [2.75, 3.05) is 19.5 Å². The standard InChI is InChI=1S/C20H23N3O3S/c1-24-18-10-3-2-9-17(18)19-21-22-20(23(19)13-15-8-6-12-25-15)27-14-16-7-4-5-11-26-16/h2-3,6,8-10,12,16H,4-5,7,11,13-14H2,1H3/t16-/m1/s1. The molecule has 3 aromatic rings. The predicted octanol–water partition coefficient (Wildman–Crippen LogP) is 4.26. The number of nitrogens with zero attached hydrogens (tertiary/aromatic N) is 3. The Morgan fingerprint density at radius 3 is 2.89 bits per heavy atom. The summed E-state index contributed by atoms with van der Waals surface area (Å²) in [6, 6.07) is 11.7. The SMILES string of the molecule is COc1ccccc1-c1nnc(SC[C@H]2CCCCO2)n1Cc1ccco1. The number of para-hydroxylation sites is 1. The second-order valence-corrected chi connectivity index (χ2v) is 7.46. The molecule has 6 nitrogen and oxygen atoms in total. The van der Waals surface area contributed by atoms with Crippen LogP contribution < -0.4 is 4.74 Å². The third-order valence-corrected chi connectivity index (χ3v) is 5.73. The first-order valence-corrected chi connectivity index (χ1v) is 10.2. The average molecular weight is 385 g/mol. The minimum absolute atomic E-state index is 0.284. The first kappa shape index (κ1) is 18.1. The topological polar surface area (TPSA) is 62.3 Å². The molecule has 142 valence electrons. The smallest absolute Gasteiger partial charge is 0.192 e. The molecular formula is C20H23N3O3S. The molecule has 0 radical (unpaired) electrons. The summed E-state index contributed by atoms with van der Waals surface area (Å²) in [5, 5.41) is 9.79. The number of hydrogen-bond donors (Lipinski definition) is 0. The van der Waals surface area contributed by atoms with E-state index in [0.717, 1.165) is 53.3 Å². The zero-order valence-electron chi connectivity index (χ0n) is 15.3. The van der Waals surface area contributed by atoms with Gasteiger partial charge in [0.1, 0.15) is 11.5 Å². The molecule has 0 unspecified atom stereocenters. The molecule has 1 saturated heterocycles. The molecule has 0 spiro atoms. The Labute approximate surface area is 162 Å². The number of furan rings is 1. The molecule has 0 saturated carbocycles. The van der Waals surface area contributed by atoms with Crippen LogP contribution in [0.15, 0.2) is 52.2 Å². The van der Waals surface area contributed by atoms with Crippen LogP contribution >= 0.6 is 11.8 Å². The van der Waals surface area contributed by atoms with Crippen molar-refractivity contribution in [3.8, 4) is 17.1 Å². The molecule has 1 aromatic carbocycles. The summed E-state index contributed by atoms with van der Waals surface area (Å²) in [6.45, 7) is 1.43. The van der Waals surface area contributed by atoms with E-state index in [1.165, 1.54) is 6.42 Å². The molecule has 1 atom stereocenters. The zero-order chi connectivity index (χ0) is 18.5. The van der Waals surface area contributed by atoms with Crippen molar-refractivity contribution in [3.63, 3.8) is 0 Å². The molecule has 1 aliphatic rings.